The van der Waals surface area contributed by atoms with Crippen LogP contribution in [0.1, 0.15) is 11.1 Å². The zero-order valence-corrected chi connectivity index (χ0v) is 18.5. The lowest BCUT2D eigenvalue weighted by atomic mass is 10.1. The molecule has 0 aliphatic carbocycles. The van der Waals surface area contributed by atoms with Crippen LogP contribution in [0.4, 0.5) is 10.1 Å². The Labute approximate surface area is 193 Å². The highest BCUT2D eigenvalue weighted by atomic mass is 35.5. The fraction of sp³-hybridized carbons (Fsp3) is 0.120. The van der Waals surface area contributed by atoms with Crippen molar-refractivity contribution in [3.8, 4) is 17.2 Å². The largest absolute Gasteiger partial charge is 0.484 e. The van der Waals surface area contributed by atoms with Gasteiger partial charge in [0, 0.05) is 11.1 Å². The van der Waals surface area contributed by atoms with Crippen molar-refractivity contribution in [2.24, 2.45) is 0 Å². The molecule has 1 heterocycles. The molecule has 1 aromatic heterocycles. The van der Waals surface area contributed by atoms with E-state index in [1.807, 2.05) is 13.8 Å². The van der Waals surface area contributed by atoms with Gasteiger partial charge in [0.15, 0.2) is 6.61 Å². The summed E-state index contributed by atoms with van der Waals surface area (Å²) in [6.07, 6.45) is 1.22. The van der Waals surface area contributed by atoms with Crippen LogP contribution in [0.15, 0.2) is 70.1 Å². The van der Waals surface area contributed by atoms with Crippen molar-refractivity contribution in [1.29, 1.82) is 0 Å². The smallest absolute Gasteiger partial charge is 0.262 e. The number of carbonyl (C=O) groups excluding carboxylic acids is 1. The molecule has 1 N–H and O–H groups in total. The summed E-state index contributed by atoms with van der Waals surface area (Å²) in [5.74, 6) is -0.255. The number of nitrogens with one attached hydrogen (secondary N) is 1. The average molecular weight is 468 g/mol. The molecule has 4 rings (SSSR count). The maximum atomic E-state index is 13.6. The van der Waals surface area contributed by atoms with E-state index in [1.54, 1.807) is 18.2 Å². The number of hydrogen-bond donors (Lipinski definition) is 1. The topological polar surface area (TPSA) is 77.8 Å². The van der Waals surface area contributed by atoms with Gasteiger partial charge in [0.1, 0.15) is 29.2 Å². The van der Waals surface area contributed by atoms with Crippen molar-refractivity contribution in [2.75, 3.05) is 11.9 Å². The standard InChI is InChI=1S/C25H19ClFNO5/c1-14-9-17(10-15(2)24(14)26)33-22-12-32-21-11-16(7-8-18(21)25(22)30)31-13-23(29)28-20-6-4-3-5-19(20)27/h3-12H,13H2,1-2H3,(H,28,29). The van der Waals surface area contributed by atoms with E-state index in [0.29, 0.717) is 16.5 Å². The molecule has 8 heteroatoms. The van der Waals surface area contributed by atoms with E-state index in [-0.39, 0.29) is 34.4 Å². The minimum Gasteiger partial charge on any atom is -0.484 e. The quantitative estimate of drug-likeness (QED) is 0.375. The minimum atomic E-state index is -0.541. The summed E-state index contributed by atoms with van der Waals surface area (Å²) in [5.41, 5.74) is 1.64. The number of anilines is 1. The van der Waals surface area contributed by atoms with Gasteiger partial charge in [0.05, 0.1) is 11.1 Å². The van der Waals surface area contributed by atoms with Crippen LogP contribution in [0.5, 0.6) is 17.2 Å². The van der Waals surface area contributed by atoms with Crippen molar-refractivity contribution in [3.05, 3.63) is 93.1 Å². The molecule has 0 fully saturated rings. The lowest BCUT2D eigenvalue weighted by Crippen LogP contribution is -2.20. The predicted molar refractivity (Wildman–Crippen MR) is 124 cm³/mol. The van der Waals surface area contributed by atoms with Gasteiger partial charge in [-0.3, -0.25) is 9.59 Å². The Morgan fingerprint density at radius 1 is 1.06 bits per heavy atom. The highest BCUT2D eigenvalue weighted by molar-refractivity contribution is 6.32. The third kappa shape index (κ3) is 4.99. The molecule has 6 nitrogen and oxygen atoms in total. The highest BCUT2D eigenvalue weighted by Gasteiger charge is 2.13. The summed E-state index contributed by atoms with van der Waals surface area (Å²) in [4.78, 5) is 24.9. The Bertz CT molecular complexity index is 1390. The zero-order chi connectivity index (χ0) is 23.5. The number of fused-ring (bicyclic) bond motifs is 1. The molecule has 33 heavy (non-hydrogen) atoms. The van der Waals surface area contributed by atoms with E-state index in [0.717, 1.165) is 11.1 Å². The SMILES string of the molecule is Cc1cc(Oc2coc3cc(OCC(=O)Nc4ccccc4F)ccc3c2=O)cc(C)c1Cl. The number of aryl methyl sites for hydroxylation is 2. The molecular weight excluding hydrogens is 449 g/mol. The molecule has 0 aliphatic heterocycles. The maximum Gasteiger partial charge on any atom is 0.262 e. The zero-order valence-electron chi connectivity index (χ0n) is 17.8. The van der Waals surface area contributed by atoms with Crippen LogP contribution in [0.3, 0.4) is 0 Å². The van der Waals surface area contributed by atoms with Crippen LogP contribution in [-0.2, 0) is 4.79 Å². The van der Waals surface area contributed by atoms with Gasteiger partial charge in [-0.2, -0.15) is 0 Å². The Hall–Kier alpha value is -3.84. The number of ether oxygens (including phenoxy) is 2. The van der Waals surface area contributed by atoms with Crippen LogP contribution >= 0.6 is 11.6 Å². The second-order valence-corrected chi connectivity index (χ2v) is 7.75. The molecule has 4 aromatic rings. The van der Waals surface area contributed by atoms with Crippen molar-refractivity contribution in [2.45, 2.75) is 13.8 Å². The van der Waals surface area contributed by atoms with E-state index in [2.05, 4.69) is 5.32 Å². The van der Waals surface area contributed by atoms with Gasteiger partial charge >= 0.3 is 0 Å². The first-order valence-corrected chi connectivity index (χ1v) is 10.4. The molecule has 0 saturated carbocycles. The van der Waals surface area contributed by atoms with Gasteiger partial charge in [-0.1, -0.05) is 23.7 Å². The normalized spacial score (nSPS) is 10.8. The Balaban J connectivity index is 1.48. The third-order valence-electron chi connectivity index (χ3n) is 4.87. The molecular formula is C25H19ClFNO5. The molecule has 0 bridgehead atoms. The lowest BCUT2D eigenvalue weighted by molar-refractivity contribution is -0.118. The molecule has 0 unspecified atom stereocenters. The second-order valence-electron chi connectivity index (χ2n) is 7.38. The molecule has 0 atom stereocenters. The van der Waals surface area contributed by atoms with Gasteiger partial charge in [-0.05, 0) is 61.4 Å². The van der Waals surface area contributed by atoms with E-state index >= 15 is 0 Å². The summed E-state index contributed by atoms with van der Waals surface area (Å²) in [6.45, 7) is 3.35. The van der Waals surface area contributed by atoms with Crippen LogP contribution < -0.4 is 20.2 Å². The average Bonchev–Trinajstić information content (AvgIpc) is 2.79. The van der Waals surface area contributed by atoms with Crippen molar-refractivity contribution in [1.82, 2.24) is 0 Å². The molecule has 0 saturated heterocycles. The number of benzene rings is 3. The van der Waals surface area contributed by atoms with Gasteiger partial charge in [0.25, 0.3) is 5.91 Å². The van der Waals surface area contributed by atoms with Crippen LogP contribution in [-0.4, -0.2) is 12.5 Å². The Morgan fingerprint density at radius 3 is 2.52 bits per heavy atom. The first-order valence-electron chi connectivity index (χ1n) is 9.99. The monoisotopic (exact) mass is 467 g/mol. The molecule has 3 aromatic carbocycles. The maximum absolute atomic E-state index is 13.6. The molecule has 0 radical (unpaired) electrons. The molecule has 0 spiro atoms. The van der Waals surface area contributed by atoms with Gasteiger partial charge in [-0.25, -0.2) is 4.39 Å². The van der Waals surface area contributed by atoms with Crippen LogP contribution in [0, 0.1) is 19.7 Å². The predicted octanol–water partition coefficient (Wildman–Crippen LogP) is 6.01. The fourth-order valence-electron chi connectivity index (χ4n) is 3.24. The third-order valence-corrected chi connectivity index (χ3v) is 5.47. The van der Waals surface area contributed by atoms with E-state index in [1.165, 1.54) is 42.7 Å². The number of para-hydroxylation sites is 1. The van der Waals surface area contributed by atoms with Crippen LogP contribution in [0.2, 0.25) is 5.02 Å². The number of amides is 1. The highest BCUT2D eigenvalue weighted by Crippen LogP contribution is 2.29. The van der Waals surface area contributed by atoms with E-state index < -0.39 is 11.7 Å². The Kier molecular flexibility index (Phi) is 6.33. The minimum absolute atomic E-state index is 0.0292. The number of rotatable bonds is 6. The lowest BCUT2D eigenvalue weighted by Gasteiger charge is -2.10. The van der Waals surface area contributed by atoms with Crippen molar-refractivity contribution in [3.63, 3.8) is 0 Å². The molecule has 1 amide bonds. The summed E-state index contributed by atoms with van der Waals surface area (Å²) in [6, 6.07) is 13.9. The van der Waals surface area contributed by atoms with E-state index in [4.69, 9.17) is 25.5 Å². The van der Waals surface area contributed by atoms with Crippen molar-refractivity contribution >= 4 is 34.2 Å². The summed E-state index contributed by atoms with van der Waals surface area (Å²) >= 11 is 6.18. The molecule has 0 aliphatic rings. The van der Waals surface area contributed by atoms with Gasteiger partial charge in [-0.15, -0.1) is 0 Å². The fourth-order valence-corrected chi connectivity index (χ4v) is 3.35. The summed E-state index contributed by atoms with van der Waals surface area (Å²) in [5, 5.41) is 3.36. The number of hydrogen-bond acceptors (Lipinski definition) is 5. The van der Waals surface area contributed by atoms with E-state index in [9.17, 15) is 14.0 Å². The number of halogens is 2. The number of carbonyl (C=O) groups is 1. The first-order chi connectivity index (χ1) is 15.8. The van der Waals surface area contributed by atoms with Gasteiger partial charge in [0.2, 0.25) is 11.2 Å². The summed E-state index contributed by atoms with van der Waals surface area (Å²) in [7, 11) is 0. The Morgan fingerprint density at radius 2 is 1.79 bits per heavy atom. The first kappa shape index (κ1) is 22.4. The second kappa shape index (κ2) is 9.34. The van der Waals surface area contributed by atoms with Gasteiger partial charge < -0.3 is 19.2 Å². The summed E-state index contributed by atoms with van der Waals surface area (Å²) < 4.78 is 30.4. The van der Waals surface area contributed by atoms with Crippen LogP contribution in [0.25, 0.3) is 11.0 Å². The molecule has 168 valence electrons. The van der Waals surface area contributed by atoms with Crippen molar-refractivity contribution < 1.29 is 23.1 Å².